The molecule has 28 heavy (non-hydrogen) atoms. The second-order valence-electron chi connectivity index (χ2n) is 5.70. The standard InChI is InChI=1S/C16H21N5O7/c1-9(22)25-4-12(5-26-10(2)23)28-13(6-27-11(3)24)21-8-20-14-15(17)18-7-19-16(14)21/h7-8,12-13H,4-6H2,1-3H3,(H2,17,18,19). The van der Waals surface area contributed by atoms with Gasteiger partial charge < -0.3 is 24.7 Å². The van der Waals surface area contributed by atoms with Crippen molar-refractivity contribution in [1.29, 1.82) is 0 Å². The first-order valence-electron chi connectivity index (χ1n) is 8.26. The number of esters is 3. The Balaban J connectivity index is 2.28. The van der Waals surface area contributed by atoms with E-state index in [0.717, 1.165) is 0 Å². The second-order valence-corrected chi connectivity index (χ2v) is 5.70. The highest BCUT2D eigenvalue weighted by molar-refractivity contribution is 5.81. The lowest BCUT2D eigenvalue weighted by molar-refractivity contribution is -0.168. The second kappa shape index (κ2) is 9.60. The van der Waals surface area contributed by atoms with Crippen molar-refractivity contribution in [3.05, 3.63) is 12.7 Å². The minimum atomic E-state index is -0.903. The maximum Gasteiger partial charge on any atom is 0.302 e. The first-order valence-corrected chi connectivity index (χ1v) is 8.26. The van der Waals surface area contributed by atoms with Crippen LogP contribution in [0.15, 0.2) is 12.7 Å². The summed E-state index contributed by atoms with van der Waals surface area (Å²) in [5, 5.41) is 0. The number of hydrogen-bond acceptors (Lipinski definition) is 11. The van der Waals surface area contributed by atoms with Gasteiger partial charge in [-0.25, -0.2) is 15.0 Å². The van der Waals surface area contributed by atoms with Crippen LogP contribution in [0.5, 0.6) is 0 Å². The van der Waals surface area contributed by atoms with Gasteiger partial charge >= 0.3 is 17.9 Å². The number of nitrogen functional groups attached to an aromatic ring is 1. The number of aromatic nitrogens is 4. The Hall–Kier alpha value is -3.28. The summed E-state index contributed by atoms with van der Waals surface area (Å²) in [4.78, 5) is 45.6. The van der Waals surface area contributed by atoms with Crippen molar-refractivity contribution in [1.82, 2.24) is 19.5 Å². The summed E-state index contributed by atoms with van der Waals surface area (Å²) in [5.74, 6) is -1.40. The molecule has 1 unspecified atom stereocenters. The molecule has 0 aliphatic carbocycles. The third-order valence-corrected chi connectivity index (χ3v) is 3.42. The average Bonchev–Trinajstić information content (AvgIpc) is 3.05. The highest BCUT2D eigenvalue weighted by Crippen LogP contribution is 2.21. The number of carbonyl (C=O) groups is 3. The van der Waals surface area contributed by atoms with Crippen molar-refractivity contribution in [3.63, 3.8) is 0 Å². The summed E-state index contributed by atoms with van der Waals surface area (Å²) < 4.78 is 22.3. The highest BCUT2D eigenvalue weighted by Gasteiger charge is 2.24. The van der Waals surface area contributed by atoms with Crippen molar-refractivity contribution in [2.45, 2.75) is 33.1 Å². The van der Waals surface area contributed by atoms with E-state index in [-0.39, 0.29) is 25.6 Å². The van der Waals surface area contributed by atoms with Crippen LogP contribution >= 0.6 is 0 Å². The van der Waals surface area contributed by atoms with Crippen molar-refractivity contribution >= 4 is 34.9 Å². The molecule has 2 rings (SSSR count). The molecular weight excluding hydrogens is 374 g/mol. The maximum absolute atomic E-state index is 11.3. The SMILES string of the molecule is CC(=O)OCC(COC(C)=O)OC(COC(C)=O)n1cnc2c(N)ncnc21. The van der Waals surface area contributed by atoms with E-state index >= 15 is 0 Å². The van der Waals surface area contributed by atoms with Crippen molar-refractivity contribution in [2.24, 2.45) is 0 Å². The Bertz CT molecular complexity index is 835. The van der Waals surface area contributed by atoms with Gasteiger partial charge in [-0.05, 0) is 0 Å². The van der Waals surface area contributed by atoms with Crippen molar-refractivity contribution in [3.8, 4) is 0 Å². The molecule has 12 nitrogen and oxygen atoms in total. The average molecular weight is 395 g/mol. The maximum atomic E-state index is 11.3. The topological polar surface area (TPSA) is 158 Å². The Labute approximate surface area is 159 Å². The minimum Gasteiger partial charge on any atom is -0.463 e. The molecule has 0 aliphatic rings. The molecule has 12 heteroatoms. The molecule has 0 aliphatic heterocycles. The summed E-state index contributed by atoms with van der Waals surface area (Å²) in [6.45, 7) is 3.18. The van der Waals surface area contributed by atoms with E-state index in [0.29, 0.717) is 11.2 Å². The zero-order chi connectivity index (χ0) is 20.7. The van der Waals surface area contributed by atoms with E-state index in [4.69, 9.17) is 24.7 Å². The van der Waals surface area contributed by atoms with Crippen LogP contribution in [0, 0.1) is 0 Å². The normalized spacial score (nSPS) is 12.0. The molecule has 0 fully saturated rings. The number of fused-ring (bicyclic) bond motifs is 1. The van der Waals surface area contributed by atoms with Gasteiger partial charge in [-0.1, -0.05) is 0 Å². The lowest BCUT2D eigenvalue weighted by Gasteiger charge is -2.25. The number of ether oxygens (including phenoxy) is 4. The number of anilines is 1. The first kappa shape index (κ1) is 21.0. The van der Waals surface area contributed by atoms with Gasteiger partial charge in [0.05, 0.1) is 6.33 Å². The largest absolute Gasteiger partial charge is 0.463 e. The zero-order valence-electron chi connectivity index (χ0n) is 15.7. The molecule has 2 heterocycles. The van der Waals surface area contributed by atoms with E-state index in [1.165, 1.54) is 38.0 Å². The number of nitrogens with two attached hydrogens (primary N) is 1. The highest BCUT2D eigenvalue weighted by atomic mass is 16.6. The van der Waals surface area contributed by atoms with Gasteiger partial charge in [0, 0.05) is 20.8 Å². The summed E-state index contributed by atoms with van der Waals surface area (Å²) in [5.41, 5.74) is 6.48. The van der Waals surface area contributed by atoms with Gasteiger partial charge in [0.15, 0.2) is 17.7 Å². The Kier molecular flexibility index (Phi) is 7.21. The van der Waals surface area contributed by atoms with Crippen LogP contribution in [-0.2, 0) is 33.3 Å². The number of nitrogens with zero attached hydrogens (tertiary/aromatic N) is 4. The number of carbonyl (C=O) groups excluding carboxylic acids is 3. The molecule has 0 amide bonds. The molecule has 0 aromatic carbocycles. The fraction of sp³-hybridized carbons (Fsp3) is 0.500. The monoisotopic (exact) mass is 395 g/mol. The lowest BCUT2D eigenvalue weighted by atomic mass is 10.4. The summed E-state index contributed by atoms with van der Waals surface area (Å²) >= 11 is 0. The zero-order valence-corrected chi connectivity index (χ0v) is 15.7. The van der Waals surface area contributed by atoms with E-state index in [1.54, 1.807) is 0 Å². The molecule has 0 spiro atoms. The molecule has 152 valence electrons. The lowest BCUT2D eigenvalue weighted by Crippen LogP contribution is -2.33. The third kappa shape index (κ3) is 5.87. The molecule has 0 bridgehead atoms. The van der Waals surface area contributed by atoms with Crippen LogP contribution in [0.3, 0.4) is 0 Å². The van der Waals surface area contributed by atoms with Crippen LogP contribution in [0.2, 0.25) is 0 Å². The molecule has 0 saturated carbocycles. The van der Waals surface area contributed by atoms with Gasteiger partial charge in [0.2, 0.25) is 0 Å². The number of imidazole rings is 1. The van der Waals surface area contributed by atoms with Gasteiger partial charge in [-0.3, -0.25) is 19.0 Å². The van der Waals surface area contributed by atoms with Crippen LogP contribution in [0.4, 0.5) is 5.82 Å². The molecule has 1 atom stereocenters. The van der Waals surface area contributed by atoms with E-state index < -0.39 is 30.2 Å². The quantitative estimate of drug-likeness (QED) is 0.449. The Morgan fingerprint density at radius 1 is 0.964 bits per heavy atom. The first-order chi connectivity index (χ1) is 13.3. The fourth-order valence-electron chi connectivity index (χ4n) is 2.22. The minimum absolute atomic E-state index is 0.173. The van der Waals surface area contributed by atoms with Crippen LogP contribution in [0.1, 0.15) is 27.0 Å². The summed E-state index contributed by atoms with van der Waals surface area (Å²) in [7, 11) is 0. The summed E-state index contributed by atoms with van der Waals surface area (Å²) in [6.07, 6.45) is 0.927. The van der Waals surface area contributed by atoms with Gasteiger partial charge in [-0.15, -0.1) is 0 Å². The predicted octanol–water partition coefficient (Wildman–Crippen LogP) is -0.0184. The number of hydrogen-bond donors (Lipinski definition) is 1. The Morgan fingerprint density at radius 2 is 1.54 bits per heavy atom. The number of rotatable bonds is 9. The van der Waals surface area contributed by atoms with Crippen LogP contribution < -0.4 is 5.73 Å². The van der Waals surface area contributed by atoms with E-state index in [1.807, 2.05) is 0 Å². The third-order valence-electron chi connectivity index (χ3n) is 3.42. The summed E-state index contributed by atoms with van der Waals surface area (Å²) in [6, 6.07) is 0. The van der Waals surface area contributed by atoms with Crippen molar-refractivity contribution in [2.75, 3.05) is 25.6 Å². The van der Waals surface area contributed by atoms with Gasteiger partial charge in [-0.2, -0.15) is 0 Å². The van der Waals surface area contributed by atoms with Crippen LogP contribution in [-0.4, -0.2) is 63.4 Å². The molecule has 0 radical (unpaired) electrons. The van der Waals surface area contributed by atoms with Gasteiger partial charge in [0.25, 0.3) is 0 Å². The van der Waals surface area contributed by atoms with Gasteiger partial charge in [0.1, 0.15) is 37.8 Å². The Morgan fingerprint density at radius 3 is 2.11 bits per heavy atom. The molecule has 0 saturated heterocycles. The predicted molar refractivity (Wildman–Crippen MR) is 93.5 cm³/mol. The molecule has 2 aromatic rings. The fourth-order valence-corrected chi connectivity index (χ4v) is 2.22. The molecule has 2 aromatic heterocycles. The van der Waals surface area contributed by atoms with E-state index in [9.17, 15) is 14.4 Å². The van der Waals surface area contributed by atoms with Crippen LogP contribution in [0.25, 0.3) is 11.2 Å². The van der Waals surface area contributed by atoms with E-state index in [2.05, 4.69) is 15.0 Å². The van der Waals surface area contributed by atoms with Crippen molar-refractivity contribution < 1.29 is 33.3 Å². The smallest absolute Gasteiger partial charge is 0.302 e. The molecule has 2 N–H and O–H groups in total. The molecular formula is C16H21N5O7.